The van der Waals surface area contributed by atoms with E-state index >= 15 is 0 Å². The molecule has 2 rings (SSSR count). The Kier molecular flexibility index (Phi) is 2.24. The average Bonchev–Trinajstić information content (AvgIpc) is 2.74. The normalized spacial score (nSPS) is 10.5. The molecule has 0 aliphatic carbocycles. The molecular weight excluding hydrogens is 196 g/mol. The van der Waals surface area contributed by atoms with E-state index in [1.54, 1.807) is 29.7 Å². The minimum Gasteiger partial charge on any atom is -0.384 e. The first kappa shape index (κ1) is 9.44. The van der Waals surface area contributed by atoms with Crippen molar-refractivity contribution in [3.63, 3.8) is 0 Å². The molecule has 2 aromatic rings. The number of rotatable bonds is 3. The highest BCUT2D eigenvalue weighted by Gasteiger charge is 2.06. The average molecular weight is 208 g/mol. The van der Waals surface area contributed by atoms with Crippen molar-refractivity contribution in [2.45, 2.75) is 6.54 Å². The third kappa shape index (κ3) is 1.73. The summed E-state index contributed by atoms with van der Waals surface area (Å²) in [5.41, 5.74) is 6.70. The van der Waals surface area contributed by atoms with E-state index in [9.17, 15) is 0 Å². The molecule has 3 N–H and O–H groups in total. The molecule has 0 saturated heterocycles. The van der Waals surface area contributed by atoms with Crippen LogP contribution in [0.1, 0.15) is 5.56 Å². The SMILES string of the molecule is Cn1nnnc1NCc1cnn(C)c1N. The van der Waals surface area contributed by atoms with Crippen LogP contribution in [0.15, 0.2) is 6.20 Å². The predicted octanol–water partition coefficient (Wildman–Crippen LogP) is -0.862. The summed E-state index contributed by atoms with van der Waals surface area (Å²) >= 11 is 0. The summed E-state index contributed by atoms with van der Waals surface area (Å²) in [5, 5.41) is 18.1. The molecule has 8 nitrogen and oxygen atoms in total. The van der Waals surface area contributed by atoms with Crippen molar-refractivity contribution in [2.75, 3.05) is 11.1 Å². The predicted molar refractivity (Wildman–Crippen MR) is 53.7 cm³/mol. The van der Waals surface area contributed by atoms with Gasteiger partial charge in [-0.3, -0.25) is 4.68 Å². The molecule has 0 fully saturated rings. The molecule has 0 aliphatic rings. The van der Waals surface area contributed by atoms with Crippen molar-refractivity contribution in [1.29, 1.82) is 0 Å². The standard InChI is InChI=1S/C7H12N8/c1-14-6(8)5(4-10-14)3-9-7-11-12-13-15(7)2/h4H,3,8H2,1-2H3,(H,9,11,13). The maximum Gasteiger partial charge on any atom is 0.242 e. The van der Waals surface area contributed by atoms with Crippen molar-refractivity contribution in [3.8, 4) is 0 Å². The Morgan fingerprint density at radius 1 is 1.40 bits per heavy atom. The van der Waals surface area contributed by atoms with Gasteiger partial charge < -0.3 is 11.1 Å². The first-order valence-corrected chi connectivity index (χ1v) is 4.41. The fourth-order valence-corrected chi connectivity index (χ4v) is 1.18. The van der Waals surface area contributed by atoms with E-state index in [-0.39, 0.29) is 0 Å². The maximum absolute atomic E-state index is 5.78. The Morgan fingerprint density at radius 3 is 2.73 bits per heavy atom. The Labute approximate surface area is 86.1 Å². The summed E-state index contributed by atoms with van der Waals surface area (Å²) in [4.78, 5) is 0. The summed E-state index contributed by atoms with van der Waals surface area (Å²) in [5.74, 6) is 1.23. The van der Waals surface area contributed by atoms with Crippen LogP contribution in [-0.2, 0) is 20.6 Å². The number of nitrogen functional groups attached to an aromatic ring is 1. The molecule has 2 aromatic heterocycles. The Morgan fingerprint density at radius 2 is 2.20 bits per heavy atom. The Bertz CT molecular complexity index is 455. The zero-order valence-corrected chi connectivity index (χ0v) is 8.55. The molecule has 0 aliphatic heterocycles. The number of nitrogens with zero attached hydrogens (tertiary/aromatic N) is 6. The van der Waals surface area contributed by atoms with Crippen LogP contribution in [0.5, 0.6) is 0 Å². The van der Waals surface area contributed by atoms with E-state index in [2.05, 4.69) is 25.9 Å². The second-order valence-corrected chi connectivity index (χ2v) is 3.16. The smallest absolute Gasteiger partial charge is 0.242 e. The maximum atomic E-state index is 5.78. The van der Waals surface area contributed by atoms with Crippen LogP contribution in [-0.4, -0.2) is 30.0 Å². The van der Waals surface area contributed by atoms with Gasteiger partial charge in [0.05, 0.1) is 6.20 Å². The van der Waals surface area contributed by atoms with E-state index in [4.69, 9.17) is 5.73 Å². The summed E-state index contributed by atoms with van der Waals surface area (Å²) < 4.78 is 3.17. The highest BCUT2D eigenvalue weighted by atomic mass is 15.6. The topological polar surface area (TPSA) is 99.5 Å². The first-order chi connectivity index (χ1) is 7.18. The van der Waals surface area contributed by atoms with Crippen molar-refractivity contribution >= 4 is 11.8 Å². The molecule has 0 spiro atoms. The lowest BCUT2D eigenvalue weighted by Crippen LogP contribution is -2.07. The van der Waals surface area contributed by atoms with Gasteiger partial charge in [-0.15, -0.1) is 0 Å². The van der Waals surface area contributed by atoms with E-state index in [0.29, 0.717) is 18.3 Å². The van der Waals surface area contributed by atoms with Gasteiger partial charge >= 0.3 is 0 Å². The number of nitrogens with one attached hydrogen (secondary N) is 1. The molecule has 80 valence electrons. The van der Waals surface area contributed by atoms with Crippen LogP contribution in [0, 0.1) is 0 Å². The number of hydrogen-bond donors (Lipinski definition) is 2. The Balaban J connectivity index is 2.05. The van der Waals surface area contributed by atoms with E-state index < -0.39 is 0 Å². The third-order valence-corrected chi connectivity index (χ3v) is 2.12. The van der Waals surface area contributed by atoms with E-state index in [1.807, 2.05) is 0 Å². The molecule has 0 radical (unpaired) electrons. The van der Waals surface area contributed by atoms with Gasteiger partial charge in [-0.2, -0.15) is 5.10 Å². The summed E-state index contributed by atoms with van der Waals surface area (Å²) in [7, 11) is 3.55. The second-order valence-electron chi connectivity index (χ2n) is 3.16. The van der Waals surface area contributed by atoms with Crippen LogP contribution in [0.25, 0.3) is 0 Å². The van der Waals surface area contributed by atoms with Gasteiger partial charge in [-0.05, 0) is 10.4 Å². The number of hydrogen-bond acceptors (Lipinski definition) is 6. The molecule has 2 heterocycles. The number of anilines is 2. The third-order valence-electron chi connectivity index (χ3n) is 2.12. The van der Waals surface area contributed by atoms with E-state index in [0.717, 1.165) is 5.56 Å². The van der Waals surface area contributed by atoms with Crippen LogP contribution >= 0.6 is 0 Å². The lowest BCUT2D eigenvalue weighted by molar-refractivity contribution is 0.712. The summed E-state index contributed by atoms with van der Waals surface area (Å²) in [6.45, 7) is 0.549. The van der Waals surface area contributed by atoms with Gasteiger partial charge in [0, 0.05) is 26.2 Å². The molecule has 0 aromatic carbocycles. The molecule has 0 bridgehead atoms. The fraction of sp³-hybridized carbons (Fsp3) is 0.429. The zero-order chi connectivity index (χ0) is 10.8. The van der Waals surface area contributed by atoms with Crippen LogP contribution in [0.3, 0.4) is 0 Å². The van der Waals surface area contributed by atoms with Gasteiger partial charge in [0.2, 0.25) is 5.95 Å². The second kappa shape index (κ2) is 3.56. The molecule has 0 atom stereocenters. The largest absolute Gasteiger partial charge is 0.384 e. The summed E-state index contributed by atoms with van der Waals surface area (Å²) in [6, 6.07) is 0. The first-order valence-electron chi connectivity index (χ1n) is 4.41. The minimum absolute atomic E-state index is 0.549. The molecule has 0 saturated carbocycles. The Hall–Kier alpha value is -2.12. The quantitative estimate of drug-likeness (QED) is 0.680. The molecule has 0 amide bonds. The van der Waals surface area contributed by atoms with Crippen molar-refractivity contribution in [1.82, 2.24) is 30.0 Å². The number of tetrazole rings is 1. The summed E-state index contributed by atoms with van der Waals surface area (Å²) in [6.07, 6.45) is 1.71. The highest BCUT2D eigenvalue weighted by molar-refractivity contribution is 5.40. The van der Waals surface area contributed by atoms with Gasteiger partial charge in [-0.1, -0.05) is 5.10 Å². The number of nitrogens with two attached hydrogens (primary N) is 1. The lowest BCUT2D eigenvalue weighted by atomic mass is 10.3. The monoisotopic (exact) mass is 208 g/mol. The van der Waals surface area contributed by atoms with Gasteiger partial charge in [-0.25, -0.2) is 4.68 Å². The number of aromatic nitrogens is 6. The van der Waals surface area contributed by atoms with E-state index in [1.165, 1.54) is 0 Å². The van der Waals surface area contributed by atoms with Gasteiger partial charge in [0.1, 0.15) is 5.82 Å². The molecular formula is C7H12N8. The zero-order valence-electron chi connectivity index (χ0n) is 8.55. The minimum atomic E-state index is 0.549. The van der Waals surface area contributed by atoms with Crippen LogP contribution in [0.2, 0.25) is 0 Å². The molecule has 15 heavy (non-hydrogen) atoms. The molecule has 0 unspecified atom stereocenters. The number of aryl methyl sites for hydroxylation is 2. The van der Waals surface area contributed by atoms with Crippen LogP contribution < -0.4 is 11.1 Å². The van der Waals surface area contributed by atoms with Crippen molar-refractivity contribution in [2.24, 2.45) is 14.1 Å². The van der Waals surface area contributed by atoms with Gasteiger partial charge in [0.15, 0.2) is 0 Å². The van der Waals surface area contributed by atoms with Crippen LogP contribution in [0.4, 0.5) is 11.8 Å². The van der Waals surface area contributed by atoms with Gasteiger partial charge in [0.25, 0.3) is 0 Å². The fourth-order valence-electron chi connectivity index (χ4n) is 1.18. The van der Waals surface area contributed by atoms with Crippen molar-refractivity contribution < 1.29 is 0 Å². The van der Waals surface area contributed by atoms with Crippen molar-refractivity contribution in [3.05, 3.63) is 11.8 Å². The molecule has 8 heteroatoms. The highest BCUT2D eigenvalue weighted by Crippen LogP contribution is 2.10. The lowest BCUT2D eigenvalue weighted by Gasteiger charge is -2.02.